The van der Waals surface area contributed by atoms with Crippen LogP contribution in [0.15, 0.2) is 9.66 Å². The van der Waals surface area contributed by atoms with Crippen molar-refractivity contribution in [2.75, 3.05) is 0 Å². The van der Waals surface area contributed by atoms with Gasteiger partial charge in [0.25, 0.3) is 0 Å². The molecule has 2 nitrogen and oxygen atoms in total. The molecule has 0 radical (unpaired) electrons. The van der Waals surface area contributed by atoms with Crippen molar-refractivity contribution in [2.24, 2.45) is 0 Å². The van der Waals surface area contributed by atoms with Gasteiger partial charge >= 0.3 is 5.97 Å². The number of hydrogen-bond acceptors (Lipinski definition) is 1. The first-order valence-corrected chi connectivity index (χ1v) is 4.83. The summed E-state index contributed by atoms with van der Waals surface area (Å²) in [6, 6.07) is 0. The molecule has 0 unspecified atom stereocenters. The van der Waals surface area contributed by atoms with Gasteiger partial charge in [0, 0.05) is 6.08 Å². The van der Waals surface area contributed by atoms with Gasteiger partial charge in [-0.25, -0.2) is 4.79 Å². The number of rotatable bonds is 5. The minimum absolute atomic E-state index is 0.842. The molecule has 0 saturated heterocycles. The summed E-state index contributed by atoms with van der Waals surface area (Å²) >= 11 is 2.08. The number of unbranched alkanes of at least 4 members (excludes halogenated alkanes) is 2. The van der Waals surface area contributed by atoms with E-state index >= 15 is 0 Å². The highest BCUT2D eigenvalue weighted by molar-refractivity contribution is 14.1. The fourth-order valence-electron chi connectivity index (χ4n) is 0.750. The lowest BCUT2D eigenvalue weighted by Gasteiger charge is -1.95. The minimum Gasteiger partial charge on any atom is -0.478 e. The average Bonchev–Trinajstić information content (AvgIpc) is 1.86. The highest BCUT2D eigenvalue weighted by Gasteiger charge is 1.95. The van der Waals surface area contributed by atoms with Gasteiger partial charge < -0.3 is 5.11 Å². The highest BCUT2D eigenvalue weighted by atomic mass is 127. The summed E-state index contributed by atoms with van der Waals surface area (Å²) in [5.41, 5.74) is 0. The van der Waals surface area contributed by atoms with Crippen LogP contribution in [-0.2, 0) is 4.79 Å². The molecular formula is C8H13IO2. The lowest BCUT2D eigenvalue weighted by Crippen LogP contribution is -1.88. The first-order chi connectivity index (χ1) is 5.16. The Morgan fingerprint density at radius 3 is 2.64 bits per heavy atom. The standard InChI is InChI=1S/C8H13IO2/c1-2-3-4-5-7(9)6-8(10)11/h6H,2-5H2,1H3,(H,10,11)/b7-6+. The average molecular weight is 268 g/mol. The Labute approximate surface area is 80.8 Å². The van der Waals surface area contributed by atoms with Gasteiger partial charge in [0.1, 0.15) is 0 Å². The van der Waals surface area contributed by atoms with Crippen LogP contribution >= 0.6 is 22.6 Å². The summed E-state index contributed by atoms with van der Waals surface area (Å²) in [5.74, 6) is -0.842. The van der Waals surface area contributed by atoms with Crippen molar-refractivity contribution in [3.05, 3.63) is 9.66 Å². The topological polar surface area (TPSA) is 37.3 Å². The molecule has 0 aliphatic heterocycles. The Morgan fingerprint density at radius 1 is 1.55 bits per heavy atom. The predicted molar refractivity (Wildman–Crippen MR) is 53.9 cm³/mol. The number of halogens is 1. The molecular weight excluding hydrogens is 255 g/mol. The van der Waals surface area contributed by atoms with Gasteiger partial charge in [-0.15, -0.1) is 0 Å². The van der Waals surface area contributed by atoms with E-state index in [1.54, 1.807) is 0 Å². The van der Waals surface area contributed by atoms with E-state index in [0.717, 1.165) is 16.4 Å². The zero-order chi connectivity index (χ0) is 8.69. The smallest absolute Gasteiger partial charge is 0.329 e. The van der Waals surface area contributed by atoms with Crippen LogP contribution < -0.4 is 0 Å². The second kappa shape index (κ2) is 6.64. The molecule has 0 aliphatic carbocycles. The molecule has 0 heterocycles. The lowest BCUT2D eigenvalue weighted by molar-refractivity contribution is -0.131. The van der Waals surface area contributed by atoms with E-state index in [2.05, 4.69) is 29.5 Å². The normalized spacial score (nSPS) is 11.6. The highest BCUT2D eigenvalue weighted by Crippen LogP contribution is 2.15. The number of allylic oxidation sites excluding steroid dienone is 1. The number of hydrogen-bond donors (Lipinski definition) is 1. The molecule has 0 spiro atoms. The Bertz CT molecular complexity index is 152. The Balaban J connectivity index is 3.51. The third-order valence-corrected chi connectivity index (χ3v) is 2.15. The minimum atomic E-state index is -0.842. The van der Waals surface area contributed by atoms with E-state index in [-0.39, 0.29) is 0 Å². The van der Waals surface area contributed by atoms with E-state index < -0.39 is 5.97 Å². The van der Waals surface area contributed by atoms with Gasteiger partial charge in [-0.3, -0.25) is 0 Å². The van der Waals surface area contributed by atoms with Crippen LogP contribution in [0.5, 0.6) is 0 Å². The van der Waals surface area contributed by atoms with Crippen molar-refractivity contribution in [1.29, 1.82) is 0 Å². The maximum Gasteiger partial charge on any atom is 0.329 e. The summed E-state index contributed by atoms with van der Waals surface area (Å²) in [5, 5.41) is 8.36. The molecule has 0 aromatic heterocycles. The second-order valence-corrected chi connectivity index (χ2v) is 3.77. The largest absolute Gasteiger partial charge is 0.478 e. The molecule has 3 heteroatoms. The third kappa shape index (κ3) is 7.84. The first kappa shape index (κ1) is 10.9. The van der Waals surface area contributed by atoms with Crippen LogP contribution in [0.1, 0.15) is 32.6 Å². The summed E-state index contributed by atoms with van der Waals surface area (Å²) in [4.78, 5) is 10.2. The van der Waals surface area contributed by atoms with Crippen molar-refractivity contribution in [3.63, 3.8) is 0 Å². The molecule has 0 saturated carbocycles. The first-order valence-electron chi connectivity index (χ1n) is 3.75. The SMILES string of the molecule is CCCCC/C(I)=C\C(=O)O. The molecule has 0 bridgehead atoms. The van der Waals surface area contributed by atoms with E-state index in [4.69, 9.17) is 5.11 Å². The summed E-state index contributed by atoms with van der Waals surface area (Å²) < 4.78 is 0.934. The monoisotopic (exact) mass is 268 g/mol. The Morgan fingerprint density at radius 2 is 2.18 bits per heavy atom. The van der Waals surface area contributed by atoms with Gasteiger partial charge in [0.05, 0.1) is 0 Å². The van der Waals surface area contributed by atoms with Crippen LogP contribution in [0, 0.1) is 0 Å². The number of aliphatic carboxylic acids is 1. The van der Waals surface area contributed by atoms with E-state index in [1.165, 1.54) is 18.9 Å². The molecule has 0 aromatic carbocycles. The number of carbonyl (C=O) groups is 1. The quantitative estimate of drug-likeness (QED) is 0.473. The summed E-state index contributed by atoms with van der Waals surface area (Å²) in [6.07, 6.45) is 5.63. The van der Waals surface area contributed by atoms with Crippen molar-refractivity contribution in [2.45, 2.75) is 32.6 Å². The van der Waals surface area contributed by atoms with Crippen LogP contribution in [0.2, 0.25) is 0 Å². The molecule has 1 N–H and O–H groups in total. The molecule has 0 amide bonds. The van der Waals surface area contributed by atoms with Gasteiger partial charge in [-0.05, 0) is 39.0 Å². The van der Waals surface area contributed by atoms with Crippen molar-refractivity contribution in [3.8, 4) is 0 Å². The Kier molecular flexibility index (Phi) is 6.60. The third-order valence-electron chi connectivity index (χ3n) is 1.30. The second-order valence-electron chi connectivity index (χ2n) is 2.39. The van der Waals surface area contributed by atoms with E-state index in [0.29, 0.717) is 0 Å². The molecule has 0 fully saturated rings. The van der Waals surface area contributed by atoms with Gasteiger partial charge in [-0.1, -0.05) is 19.8 Å². The number of carboxylic acid groups (broad SMARTS) is 1. The van der Waals surface area contributed by atoms with E-state index in [9.17, 15) is 4.79 Å². The summed E-state index contributed by atoms with van der Waals surface area (Å²) in [6.45, 7) is 2.13. The van der Waals surface area contributed by atoms with Crippen LogP contribution in [0.4, 0.5) is 0 Å². The molecule has 11 heavy (non-hydrogen) atoms. The molecule has 0 aliphatic rings. The fourth-order valence-corrected chi connectivity index (χ4v) is 1.40. The van der Waals surface area contributed by atoms with E-state index in [1.807, 2.05) is 0 Å². The maximum atomic E-state index is 10.2. The molecule has 64 valence electrons. The van der Waals surface area contributed by atoms with Crippen LogP contribution in [-0.4, -0.2) is 11.1 Å². The van der Waals surface area contributed by atoms with Crippen molar-refractivity contribution >= 4 is 28.6 Å². The fraction of sp³-hybridized carbons (Fsp3) is 0.625. The lowest BCUT2D eigenvalue weighted by atomic mass is 10.2. The van der Waals surface area contributed by atoms with Gasteiger partial charge in [0.2, 0.25) is 0 Å². The van der Waals surface area contributed by atoms with Crippen LogP contribution in [0.25, 0.3) is 0 Å². The van der Waals surface area contributed by atoms with Crippen molar-refractivity contribution < 1.29 is 9.90 Å². The zero-order valence-corrected chi connectivity index (χ0v) is 8.80. The molecule has 0 rings (SSSR count). The predicted octanol–water partition coefficient (Wildman–Crippen LogP) is 2.97. The van der Waals surface area contributed by atoms with Crippen LogP contribution in [0.3, 0.4) is 0 Å². The molecule has 0 aromatic rings. The van der Waals surface area contributed by atoms with Gasteiger partial charge in [-0.2, -0.15) is 0 Å². The maximum absolute atomic E-state index is 10.2. The summed E-state index contributed by atoms with van der Waals surface area (Å²) in [7, 11) is 0. The zero-order valence-electron chi connectivity index (χ0n) is 6.64. The Hall–Kier alpha value is -0.0600. The molecule has 0 atom stereocenters. The number of carboxylic acids is 1. The van der Waals surface area contributed by atoms with Crippen molar-refractivity contribution in [1.82, 2.24) is 0 Å². The van der Waals surface area contributed by atoms with Gasteiger partial charge in [0.15, 0.2) is 0 Å².